The molecule has 0 spiro atoms. The SMILES string of the molecule is CCCCc1c(OC)cc(CC(=O)O)c(C(=O)O)c1OC. The Hall–Kier alpha value is -2.24. The van der Waals surface area contributed by atoms with Crippen molar-refractivity contribution in [1.29, 1.82) is 0 Å². The van der Waals surface area contributed by atoms with Crippen LogP contribution in [0.15, 0.2) is 6.07 Å². The van der Waals surface area contributed by atoms with E-state index in [4.69, 9.17) is 14.6 Å². The average molecular weight is 296 g/mol. The Kier molecular flexibility index (Phi) is 6.02. The second kappa shape index (κ2) is 7.52. The van der Waals surface area contributed by atoms with E-state index >= 15 is 0 Å². The number of carboxylic acid groups (broad SMARTS) is 2. The number of hydrogen-bond donors (Lipinski definition) is 2. The lowest BCUT2D eigenvalue weighted by molar-refractivity contribution is -0.136. The predicted octanol–water partition coefficient (Wildman–Crippen LogP) is 2.37. The minimum absolute atomic E-state index is 0.105. The van der Waals surface area contributed by atoms with Crippen LogP contribution in [0.2, 0.25) is 0 Å². The Morgan fingerprint density at radius 2 is 1.86 bits per heavy atom. The molecule has 0 fully saturated rings. The van der Waals surface area contributed by atoms with E-state index in [-0.39, 0.29) is 16.9 Å². The molecule has 0 bridgehead atoms. The summed E-state index contributed by atoms with van der Waals surface area (Å²) in [5.74, 6) is -1.67. The molecule has 0 atom stereocenters. The van der Waals surface area contributed by atoms with Gasteiger partial charge in [0.1, 0.15) is 17.1 Å². The third-order valence-electron chi connectivity index (χ3n) is 3.18. The van der Waals surface area contributed by atoms with Gasteiger partial charge in [-0.05, 0) is 24.5 Å². The maximum absolute atomic E-state index is 11.5. The van der Waals surface area contributed by atoms with E-state index in [9.17, 15) is 14.7 Å². The summed E-state index contributed by atoms with van der Waals surface area (Å²) in [5.41, 5.74) is 0.726. The molecule has 6 nitrogen and oxygen atoms in total. The first-order chi connectivity index (χ1) is 9.96. The highest BCUT2D eigenvalue weighted by Gasteiger charge is 2.24. The fraction of sp³-hybridized carbons (Fsp3) is 0.467. The van der Waals surface area contributed by atoms with Crippen LogP contribution in [0.1, 0.15) is 41.3 Å². The van der Waals surface area contributed by atoms with E-state index < -0.39 is 18.4 Å². The second-order valence-corrected chi connectivity index (χ2v) is 4.60. The maximum atomic E-state index is 11.5. The molecule has 21 heavy (non-hydrogen) atoms. The zero-order chi connectivity index (χ0) is 16.0. The smallest absolute Gasteiger partial charge is 0.339 e. The molecule has 0 aliphatic carbocycles. The van der Waals surface area contributed by atoms with Crippen LogP contribution in [0.5, 0.6) is 11.5 Å². The van der Waals surface area contributed by atoms with E-state index in [2.05, 4.69) is 0 Å². The summed E-state index contributed by atoms with van der Waals surface area (Å²) in [6.45, 7) is 2.02. The minimum atomic E-state index is -1.21. The van der Waals surface area contributed by atoms with E-state index in [0.717, 1.165) is 12.8 Å². The molecule has 116 valence electrons. The summed E-state index contributed by atoms with van der Waals surface area (Å²) in [4.78, 5) is 22.4. The van der Waals surface area contributed by atoms with Gasteiger partial charge in [0, 0.05) is 5.56 Å². The van der Waals surface area contributed by atoms with Gasteiger partial charge >= 0.3 is 11.9 Å². The van der Waals surface area contributed by atoms with Crippen LogP contribution in [0.25, 0.3) is 0 Å². The van der Waals surface area contributed by atoms with Gasteiger partial charge in [-0.2, -0.15) is 0 Å². The van der Waals surface area contributed by atoms with Crippen molar-refractivity contribution >= 4 is 11.9 Å². The first-order valence-electron chi connectivity index (χ1n) is 6.68. The number of rotatable bonds is 8. The fourth-order valence-electron chi connectivity index (χ4n) is 2.26. The van der Waals surface area contributed by atoms with Gasteiger partial charge in [0.25, 0.3) is 0 Å². The van der Waals surface area contributed by atoms with Crippen LogP contribution < -0.4 is 9.47 Å². The Morgan fingerprint density at radius 1 is 1.19 bits per heavy atom. The molecule has 1 rings (SSSR count). The van der Waals surface area contributed by atoms with Gasteiger partial charge in [-0.1, -0.05) is 13.3 Å². The van der Waals surface area contributed by atoms with Crippen molar-refractivity contribution in [2.45, 2.75) is 32.6 Å². The number of unbranched alkanes of at least 4 members (excludes halogenated alkanes) is 1. The van der Waals surface area contributed by atoms with Crippen molar-refractivity contribution in [1.82, 2.24) is 0 Å². The highest BCUT2D eigenvalue weighted by molar-refractivity contribution is 5.95. The summed E-state index contributed by atoms with van der Waals surface area (Å²) in [6.07, 6.45) is 1.99. The van der Waals surface area contributed by atoms with E-state index in [0.29, 0.717) is 17.7 Å². The van der Waals surface area contributed by atoms with Gasteiger partial charge in [-0.3, -0.25) is 4.79 Å². The van der Waals surface area contributed by atoms with Crippen LogP contribution >= 0.6 is 0 Å². The lowest BCUT2D eigenvalue weighted by Crippen LogP contribution is -2.12. The Labute approximate surface area is 123 Å². The van der Waals surface area contributed by atoms with Gasteiger partial charge in [0.2, 0.25) is 0 Å². The Bertz CT molecular complexity index is 535. The number of aromatic carboxylic acids is 1. The Balaban J connectivity index is 3.54. The monoisotopic (exact) mass is 296 g/mol. The summed E-state index contributed by atoms with van der Waals surface area (Å²) in [5, 5.41) is 18.3. The second-order valence-electron chi connectivity index (χ2n) is 4.60. The standard InChI is InChI=1S/C15H20O6/c1-4-5-6-10-11(20-2)7-9(8-12(16)17)13(15(18)19)14(10)21-3/h7H,4-6,8H2,1-3H3,(H,16,17)(H,18,19). The molecule has 6 heteroatoms. The van der Waals surface area contributed by atoms with Gasteiger partial charge < -0.3 is 19.7 Å². The largest absolute Gasteiger partial charge is 0.496 e. The molecule has 0 aromatic heterocycles. The first-order valence-corrected chi connectivity index (χ1v) is 6.68. The highest BCUT2D eigenvalue weighted by atomic mass is 16.5. The summed E-state index contributed by atoms with van der Waals surface area (Å²) < 4.78 is 10.5. The molecule has 0 aliphatic rings. The van der Waals surface area contributed by atoms with Crippen LogP contribution in [0.4, 0.5) is 0 Å². The quantitative estimate of drug-likeness (QED) is 0.765. The molecule has 0 unspecified atom stereocenters. The fourth-order valence-corrected chi connectivity index (χ4v) is 2.26. The van der Waals surface area contributed by atoms with Crippen LogP contribution in [-0.4, -0.2) is 36.4 Å². The van der Waals surface area contributed by atoms with Gasteiger partial charge in [0.05, 0.1) is 20.6 Å². The number of carboxylic acids is 2. The number of benzene rings is 1. The van der Waals surface area contributed by atoms with Crippen LogP contribution in [-0.2, 0) is 17.6 Å². The summed E-state index contributed by atoms with van der Waals surface area (Å²) in [6, 6.07) is 1.48. The van der Waals surface area contributed by atoms with Gasteiger partial charge in [-0.15, -0.1) is 0 Å². The normalized spacial score (nSPS) is 10.2. The molecule has 0 saturated heterocycles. The number of hydrogen-bond acceptors (Lipinski definition) is 4. The summed E-state index contributed by atoms with van der Waals surface area (Å²) >= 11 is 0. The van der Waals surface area contributed by atoms with Gasteiger partial charge in [-0.25, -0.2) is 4.79 Å². The molecular formula is C15H20O6. The van der Waals surface area contributed by atoms with Crippen molar-refractivity contribution < 1.29 is 29.3 Å². The zero-order valence-corrected chi connectivity index (χ0v) is 12.4. The molecule has 2 N–H and O–H groups in total. The molecular weight excluding hydrogens is 276 g/mol. The highest BCUT2D eigenvalue weighted by Crippen LogP contribution is 2.36. The molecule has 0 saturated carbocycles. The number of ether oxygens (including phenoxy) is 2. The Morgan fingerprint density at radius 3 is 2.29 bits per heavy atom. The lowest BCUT2D eigenvalue weighted by atomic mass is 9.96. The van der Waals surface area contributed by atoms with Crippen LogP contribution in [0.3, 0.4) is 0 Å². The van der Waals surface area contributed by atoms with E-state index in [1.807, 2.05) is 6.92 Å². The number of carbonyl (C=O) groups is 2. The van der Waals surface area contributed by atoms with Crippen molar-refractivity contribution in [3.8, 4) is 11.5 Å². The third-order valence-corrected chi connectivity index (χ3v) is 3.18. The lowest BCUT2D eigenvalue weighted by Gasteiger charge is -2.18. The van der Waals surface area contributed by atoms with Crippen molar-refractivity contribution in [2.24, 2.45) is 0 Å². The van der Waals surface area contributed by atoms with E-state index in [1.165, 1.54) is 20.3 Å². The van der Waals surface area contributed by atoms with Gasteiger partial charge in [0.15, 0.2) is 0 Å². The minimum Gasteiger partial charge on any atom is -0.496 e. The predicted molar refractivity (Wildman–Crippen MR) is 76.5 cm³/mol. The van der Waals surface area contributed by atoms with E-state index in [1.54, 1.807) is 0 Å². The average Bonchev–Trinajstić information content (AvgIpc) is 2.43. The van der Waals surface area contributed by atoms with Crippen molar-refractivity contribution in [3.63, 3.8) is 0 Å². The zero-order valence-electron chi connectivity index (χ0n) is 12.4. The number of methoxy groups -OCH3 is 2. The maximum Gasteiger partial charge on any atom is 0.339 e. The van der Waals surface area contributed by atoms with Crippen LogP contribution in [0, 0.1) is 0 Å². The summed E-state index contributed by atoms with van der Waals surface area (Å²) in [7, 11) is 2.84. The molecule has 0 heterocycles. The molecule has 0 aliphatic heterocycles. The molecule has 1 aromatic carbocycles. The third kappa shape index (κ3) is 3.87. The molecule has 0 amide bonds. The topological polar surface area (TPSA) is 93.1 Å². The van der Waals surface area contributed by atoms with Crippen molar-refractivity contribution in [3.05, 3.63) is 22.8 Å². The molecule has 0 radical (unpaired) electrons. The number of aliphatic carboxylic acids is 1. The molecule has 1 aromatic rings. The van der Waals surface area contributed by atoms with Crippen molar-refractivity contribution in [2.75, 3.05) is 14.2 Å². The first kappa shape index (κ1) is 16.8.